The molecule has 0 aliphatic rings. The van der Waals surface area contributed by atoms with Gasteiger partial charge in [0, 0.05) is 0 Å². The van der Waals surface area contributed by atoms with Crippen molar-refractivity contribution in [3.63, 3.8) is 0 Å². The highest BCUT2D eigenvalue weighted by Gasteiger charge is 2.31. The van der Waals surface area contributed by atoms with Crippen LogP contribution in [0, 0.1) is 10.8 Å². The molecule has 0 saturated carbocycles. The predicted molar refractivity (Wildman–Crippen MR) is 54.8 cm³/mol. The maximum atomic E-state index is 12.4. The van der Waals surface area contributed by atoms with Crippen LogP contribution in [0.2, 0.25) is 0 Å². The molecule has 1 aromatic rings. The van der Waals surface area contributed by atoms with Crippen molar-refractivity contribution in [2.75, 3.05) is 0 Å². The molecule has 0 amide bonds. The molecule has 0 N–H and O–H groups in total. The Bertz CT molecular complexity index is 374. The van der Waals surface area contributed by atoms with E-state index in [1.54, 1.807) is 13.8 Å². The zero-order valence-electron chi connectivity index (χ0n) is 8.95. The van der Waals surface area contributed by atoms with Gasteiger partial charge in [0.25, 0.3) is 0 Å². The van der Waals surface area contributed by atoms with Crippen molar-refractivity contribution in [1.82, 2.24) is 0 Å². The van der Waals surface area contributed by atoms with Gasteiger partial charge in [0.15, 0.2) is 0 Å². The van der Waals surface area contributed by atoms with E-state index in [1.807, 2.05) is 0 Å². The molecule has 0 bridgehead atoms. The molecule has 1 rings (SSSR count). The van der Waals surface area contributed by atoms with E-state index in [-0.39, 0.29) is 5.92 Å². The molecule has 1 aromatic carbocycles. The Morgan fingerprint density at radius 3 is 2.31 bits per heavy atom. The van der Waals surface area contributed by atoms with Crippen LogP contribution in [0.1, 0.15) is 31.0 Å². The zero-order valence-corrected chi connectivity index (χ0v) is 8.95. The summed E-state index contributed by atoms with van der Waals surface area (Å²) in [4.78, 5) is 10.6. The molecule has 16 heavy (non-hydrogen) atoms. The van der Waals surface area contributed by atoms with Crippen molar-refractivity contribution in [3.05, 3.63) is 40.3 Å². The van der Waals surface area contributed by atoms with Gasteiger partial charge in [-0.15, -0.1) is 0 Å². The minimum absolute atomic E-state index is 0.124. The number of benzene rings is 1. The van der Waals surface area contributed by atoms with Crippen molar-refractivity contribution in [2.24, 2.45) is 11.1 Å². The Morgan fingerprint density at radius 1 is 1.25 bits per heavy atom. The van der Waals surface area contributed by atoms with Crippen LogP contribution in [-0.2, 0) is 6.18 Å². The summed E-state index contributed by atoms with van der Waals surface area (Å²) >= 11 is 0. The Balaban J connectivity index is 3.11. The van der Waals surface area contributed by atoms with Crippen LogP contribution in [0.15, 0.2) is 29.4 Å². The van der Waals surface area contributed by atoms with E-state index >= 15 is 0 Å². The molecule has 0 fully saturated rings. The first-order valence-electron chi connectivity index (χ1n) is 4.86. The van der Waals surface area contributed by atoms with Gasteiger partial charge in [-0.2, -0.15) is 18.1 Å². The molecule has 0 aromatic heterocycles. The van der Waals surface area contributed by atoms with Crippen LogP contribution in [0.25, 0.3) is 0 Å². The summed E-state index contributed by atoms with van der Waals surface area (Å²) in [7, 11) is 0. The number of nitroso groups, excluding NO2 is 1. The quantitative estimate of drug-likeness (QED) is 0.718. The minimum Gasteiger partial charge on any atom is -0.166 e. The smallest absolute Gasteiger partial charge is 0.166 e. The molecule has 1 unspecified atom stereocenters. The predicted octanol–water partition coefficient (Wildman–Crippen LogP) is 4.17. The number of nitrogens with zero attached hydrogens (tertiary/aromatic N) is 1. The monoisotopic (exact) mass is 231 g/mol. The number of alkyl halides is 3. The first kappa shape index (κ1) is 12.7. The third kappa shape index (κ3) is 2.81. The van der Waals surface area contributed by atoms with Gasteiger partial charge < -0.3 is 0 Å². The lowest BCUT2D eigenvalue weighted by Gasteiger charge is -2.15. The molecule has 88 valence electrons. The molecule has 0 heterocycles. The fourth-order valence-corrected chi connectivity index (χ4v) is 1.47. The largest absolute Gasteiger partial charge is 0.416 e. The van der Waals surface area contributed by atoms with Crippen molar-refractivity contribution in [1.29, 1.82) is 0 Å². The zero-order chi connectivity index (χ0) is 12.3. The second kappa shape index (κ2) is 4.63. The lowest BCUT2D eigenvalue weighted by atomic mass is 9.95. The van der Waals surface area contributed by atoms with Gasteiger partial charge >= 0.3 is 6.18 Å². The van der Waals surface area contributed by atoms with Gasteiger partial charge in [0.1, 0.15) is 6.04 Å². The molecule has 5 heteroatoms. The van der Waals surface area contributed by atoms with Gasteiger partial charge in [-0.1, -0.05) is 31.2 Å². The van der Waals surface area contributed by atoms with Crippen LogP contribution in [0.3, 0.4) is 0 Å². The summed E-state index contributed by atoms with van der Waals surface area (Å²) < 4.78 is 37.3. The summed E-state index contributed by atoms with van der Waals surface area (Å²) in [5, 5.41) is 2.86. The molecular weight excluding hydrogens is 219 g/mol. The lowest BCUT2D eigenvalue weighted by molar-refractivity contribution is -0.137. The third-order valence-electron chi connectivity index (χ3n) is 2.30. The Kier molecular flexibility index (Phi) is 3.67. The highest BCUT2D eigenvalue weighted by Crippen LogP contribution is 2.33. The van der Waals surface area contributed by atoms with Crippen LogP contribution in [0.4, 0.5) is 13.2 Å². The number of hydrogen-bond acceptors (Lipinski definition) is 2. The van der Waals surface area contributed by atoms with Gasteiger partial charge in [0.05, 0.1) is 5.56 Å². The molecule has 0 radical (unpaired) electrons. The topological polar surface area (TPSA) is 29.4 Å². The van der Waals surface area contributed by atoms with Crippen LogP contribution in [0.5, 0.6) is 0 Å². The van der Waals surface area contributed by atoms with Crippen LogP contribution in [-0.4, -0.2) is 0 Å². The average molecular weight is 231 g/mol. The molecule has 2 nitrogen and oxygen atoms in total. The molecule has 0 aliphatic carbocycles. The average Bonchev–Trinajstić information content (AvgIpc) is 2.17. The molecule has 0 aliphatic heterocycles. The molecular formula is C11H12F3NO. The third-order valence-corrected chi connectivity index (χ3v) is 2.30. The summed E-state index contributed by atoms with van der Waals surface area (Å²) in [5.74, 6) is -0.124. The summed E-state index contributed by atoms with van der Waals surface area (Å²) in [6.07, 6.45) is -4.39. The van der Waals surface area contributed by atoms with Crippen LogP contribution < -0.4 is 0 Å². The fraction of sp³-hybridized carbons (Fsp3) is 0.455. The number of rotatable bonds is 3. The van der Waals surface area contributed by atoms with Crippen molar-refractivity contribution in [3.8, 4) is 0 Å². The van der Waals surface area contributed by atoms with E-state index < -0.39 is 17.8 Å². The normalized spacial score (nSPS) is 13.9. The first-order chi connectivity index (χ1) is 7.36. The van der Waals surface area contributed by atoms with E-state index in [0.717, 1.165) is 12.1 Å². The molecule has 0 saturated heterocycles. The van der Waals surface area contributed by atoms with Gasteiger partial charge in [-0.3, -0.25) is 0 Å². The van der Waals surface area contributed by atoms with Crippen molar-refractivity contribution in [2.45, 2.75) is 26.1 Å². The maximum absolute atomic E-state index is 12.4. The van der Waals surface area contributed by atoms with Crippen LogP contribution >= 0.6 is 0 Å². The fourth-order valence-electron chi connectivity index (χ4n) is 1.47. The lowest BCUT2D eigenvalue weighted by Crippen LogP contribution is -2.08. The Morgan fingerprint density at radius 2 is 1.88 bits per heavy atom. The Labute approximate surface area is 91.4 Å². The highest BCUT2D eigenvalue weighted by molar-refractivity contribution is 5.28. The van der Waals surface area contributed by atoms with E-state index in [2.05, 4.69) is 5.18 Å². The molecule has 1 atom stereocenters. The SMILES string of the molecule is CC(C)C(N=O)c1cccc(C(F)(F)F)c1. The second-order valence-corrected chi connectivity index (χ2v) is 3.92. The van der Waals surface area contributed by atoms with Crippen molar-refractivity contribution < 1.29 is 13.2 Å². The van der Waals surface area contributed by atoms with Gasteiger partial charge in [-0.05, 0) is 23.6 Å². The first-order valence-corrected chi connectivity index (χ1v) is 4.86. The summed E-state index contributed by atoms with van der Waals surface area (Å²) in [5.41, 5.74) is -0.445. The standard InChI is InChI=1S/C11H12F3NO/c1-7(2)10(15-16)8-4-3-5-9(6-8)11(12,13)14/h3-7,10H,1-2H3. The highest BCUT2D eigenvalue weighted by atomic mass is 19.4. The second-order valence-electron chi connectivity index (χ2n) is 3.92. The number of hydrogen-bond donors (Lipinski definition) is 0. The molecule has 0 spiro atoms. The van der Waals surface area contributed by atoms with Crippen molar-refractivity contribution >= 4 is 0 Å². The van der Waals surface area contributed by atoms with Gasteiger partial charge in [0.2, 0.25) is 0 Å². The van der Waals surface area contributed by atoms with E-state index in [4.69, 9.17) is 0 Å². The van der Waals surface area contributed by atoms with E-state index in [1.165, 1.54) is 12.1 Å². The summed E-state index contributed by atoms with van der Waals surface area (Å²) in [6, 6.07) is 4.00. The minimum atomic E-state index is -4.39. The van der Waals surface area contributed by atoms with E-state index in [9.17, 15) is 18.1 Å². The van der Waals surface area contributed by atoms with Gasteiger partial charge in [-0.25, -0.2) is 0 Å². The van der Waals surface area contributed by atoms with E-state index in [0.29, 0.717) is 5.56 Å². The summed E-state index contributed by atoms with van der Waals surface area (Å²) in [6.45, 7) is 3.48. The number of halogens is 3. The maximum Gasteiger partial charge on any atom is 0.416 e. The Hall–Kier alpha value is -1.39.